The van der Waals surface area contributed by atoms with Gasteiger partial charge in [-0.25, -0.2) is 0 Å². The Kier molecular flexibility index (Phi) is 4.69. The molecule has 0 fully saturated rings. The van der Waals surface area contributed by atoms with E-state index in [2.05, 4.69) is 43.8 Å². The van der Waals surface area contributed by atoms with E-state index in [1.807, 2.05) is 17.8 Å². The van der Waals surface area contributed by atoms with Crippen molar-refractivity contribution < 1.29 is 0 Å². The van der Waals surface area contributed by atoms with Crippen molar-refractivity contribution in [1.29, 1.82) is 0 Å². The van der Waals surface area contributed by atoms with Gasteiger partial charge in [0.2, 0.25) is 0 Å². The molecular weight excluding hydrogens is 176 g/mol. The lowest BCUT2D eigenvalue weighted by Gasteiger charge is -2.13. The molecule has 1 aromatic carbocycles. The first-order valence-corrected chi connectivity index (χ1v) is 5.70. The molecule has 1 rings (SSSR count). The topological polar surface area (TPSA) is 0 Å². The van der Waals surface area contributed by atoms with Crippen molar-refractivity contribution in [3.05, 3.63) is 48.6 Å². The minimum Gasteiger partial charge on any atom is -0.154 e. The molecule has 1 aromatic rings. The Morgan fingerprint density at radius 2 is 2.08 bits per heavy atom. The molecule has 1 unspecified atom stereocenters. The molecule has 0 aliphatic rings. The van der Waals surface area contributed by atoms with Gasteiger partial charge >= 0.3 is 0 Å². The number of rotatable bonds is 5. The van der Waals surface area contributed by atoms with Gasteiger partial charge in [-0.2, -0.15) is 11.8 Å². The summed E-state index contributed by atoms with van der Waals surface area (Å²) in [6, 6.07) is 10.6. The zero-order chi connectivity index (χ0) is 9.52. The quantitative estimate of drug-likeness (QED) is 0.634. The van der Waals surface area contributed by atoms with E-state index in [0.717, 1.165) is 12.2 Å². The molecule has 1 heteroatoms. The largest absolute Gasteiger partial charge is 0.154 e. The van der Waals surface area contributed by atoms with Crippen molar-refractivity contribution >= 4 is 11.8 Å². The van der Waals surface area contributed by atoms with Crippen LogP contribution in [0, 0.1) is 0 Å². The highest BCUT2D eigenvalue weighted by molar-refractivity contribution is 7.99. The molecule has 0 spiro atoms. The van der Waals surface area contributed by atoms with E-state index in [0.29, 0.717) is 5.25 Å². The van der Waals surface area contributed by atoms with Crippen LogP contribution in [-0.4, -0.2) is 5.75 Å². The summed E-state index contributed by atoms with van der Waals surface area (Å²) in [6.07, 6.45) is 3.06. The molecular formula is C12H16S. The first-order chi connectivity index (χ1) is 6.38. The van der Waals surface area contributed by atoms with Gasteiger partial charge in [0.15, 0.2) is 0 Å². The van der Waals surface area contributed by atoms with E-state index in [-0.39, 0.29) is 0 Å². The number of hydrogen-bond acceptors (Lipinski definition) is 1. The van der Waals surface area contributed by atoms with Crippen LogP contribution in [0.25, 0.3) is 0 Å². The van der Waals surface area contributed by atoms with E-state index in [4.69, 9.17) is 0 Å². The molecule has 0 aromatic heterocycles. The standard InChI is InChI=1S/C12H16S/c1-3-8-12(13-4-2)11-9-6-5-7-10-11/h3,5-7,9-10,12H,1,4,8H2,2H3. The molecule has 0 saturated heterocycles. The summed E-state index contributed by atoms with van der Waals surface area (Å²) in [7, 11) is 0. The molecule has 0 amide bonds. The molecule has 0 nitrogen and oxygen atoms in total. The Labute approximate surface area is 85.1 Å². The molecule has 70 valence electrons. The SMILES string of the molecule is C=CCC(SCC)c1ccccc1. The molecule has 0 aliphatic heterocycles. The maximum absolute atomic E-state index is 3.79. The predicted octanol–water partition coefficient (Wildman–Crippen LogP) is 4.06. The molecule has 0 radical (unpaired) electrons. The van der Waals surface area contributed by atoms with Gasteiger partial charge < -0.3 is 0 Å². The van der Waals surface area contributed by atoms with Crippen LogP contribution < -0.4 is 0 Å². The van der Waals surface area contributed by atoms with E-state index in [1.54, 1.807) is 0 Å². The van der Waals surface area contributed by atoms with Gasteiger partial charge in [0.1, 0.15) is 0 Å². The Balaban J connectivity index is 2.69. The van der Waals surface area contributed by atoms with Gasteiger partial charge in [-0.3, -0.25) is 0 Å². The molecule has 0 bridgehead atoms. The lowest BCUT2D eigenvalue weighted by molar-refractivity contribution is 0.971. The predicted molar refractivity (Wildman–Crippen MR) is 62.1 cm³/mol. The summed E-state index contributed by atoms with van der Waals surface area (Å²) in [5, 5.41) is 0.587. The van der Waals surface area contributed by atoms with E-state index in [1.165, 1.54) is 5.56 Å². The van der Waals surface area contributed by atoms with Gasteiger partial charge in [-0.05, 0) is 17.7 Å². The lowest BCUT2D eigenvalue weighted by Crippen LogP contribution is -1.92. The van der Waals surface area contributed by atoms with Gasteiger partial charge in [-0.1, -0.05) is 43.3 Å². The van der Waals surface area contributed by atoms with Crippen LogP contribution in [0.15, 0.2) is 43.0 Å². The highest BCUT2D eigenvalue weighted by atomic mass is 32.2. The van der Waals surface area contributed by atoms with Crippen molar-refractivity contribution in [3.63, 3.8) is 0 Å². The van der Waals surface area contributed by atoms with Crippen LogP contribution in [0.5, 0.6) is 0 Å². The molecule has 13 heavy (non-hydrogen) atoms. The third-order valence-corrected chi connectivity index (χ3v) is 3.12. The zero-order valence-electron chi connectivity index (χ0n) is 8.07. The first kappa shape index (κ1) is 10.4. The smallest absolute Gasteiger partial charge is 0.0331 e. The van der Waals surface area contributed by atoms with Crippen LogP contribution in [0.3, 0.4) is 0 Å². The average Bonchev–Trinajstić information content (AvgIpc) is 2.19. The van der Waals surface area contributed by atoms with E-state index < -0.39 is 0 Å². The van der Waals surface area contributed by atoms with E-state index in [9.17, 15) is 0 Å². The van der Waals surface area contributed by atoms with Crippen molar-refractivity contribution in [2.24, 2.45) is 0 Å². The third kappa shape index (κ3) is 3.27. The monoisotopic (exact) mass is 192 g/mol. The number of hydrogen-bond donors (Lipinski definition) is 0. The molecule has 0 N–H and O–H groups in total. The van der Waals surface area contributed by atoms with Crippen LogP contribution in [0.1, 0.15) is 24.2 Å². The number of thioether (sulfide) groups is 1. The number of allylic oxidation sites excluding steroid dienone is 1. The van der Waals surface area contributed by atoms with Gasteiger partial charge in [0.25, 0.3) is 0 Å². The fourth-order valence-electron chi connectivity index (χ4n) is 1.32. The van der Waals surface area contributed by atoms with Crippen LogP contribution >= 0.6 is 11.8 Å². The maximum Gasteiger partial charge on any atom is 0.0331 e. The highest BCUT2D eigenvalue weighted by Gasteiger charge is 2.07. The van der Waals surface area contributed by atoms with Crippen LogP contribution in [-0.2, 0) is 0 Å². The van der Waals surface area contributed by atoms with Crippen molar-refractivity contribution in [2.45, 2.75) is 18.6 Å². The Hall–Kier alpha value is -0.690. The van der Waals surface area contributed by atoms with Crippen molar-refractivity contribution in [3.8, 4) is 0 Å². The Bertz CT molecular complexity index is 241. The minimum atomic E-state index is 0.587. The highest BCUT2D eigenvalue weighted by Crippen LogP contribution is 2.31. The summed E-state index contributed by atoms with van der Waals surface area (Å²) >= 11 is 1.98. The van der Waals surface area contributed by atoms with Crippen molar-refractivity contribution in [2.75, 3.05) is 5.75 Å². The summed E-state index contributed by atoms with van der Waals surface area (Å²) in [4.78, 5) is 0. The lowest BCUT2D eigenvalue weighted by atomic mass is 10.1. The Morgan fingerprint density at radius 3 is 2.62 bits per heavy atom. The second-order valence-corrected chi connectivity index (χ2v) is 4.36. The third-order valence-electron chi connectivity index (χ3n) is 1.92. The normalized spacial score (nSPS) is 12.4. The molecule has 0 aliphatic carbocycles. The average molecular weight is 192 g/mol. The summed E-state index contributed by atoms with van der Waals surface area (Å²) in [5.74, 6) is 1.16. The van der Waals surface area contributed by atoms with Gasteiger partial charge in [0.05, 0.1) is 0 Å². The second-order valence-electron chi connectivity index (χ2n) is 2.88. The summed E-state index contributed by atoms with van der Waals surface area (Å²) < 4.78 is 0. The zero-order valence-corrected chi connectivity index (χ0v) is 8.89. The summed E-state index contributed by atoms with van der Waals surface area (Å²) in [6.45, 7) is 5.99. The van der Waals surface area contributed by atoms with Crippen molar-refractivity contribution in [1.82, 2.24) is 0 Å². The molecule has 0 heterocycles. The van der Waals surface area contributed by atoms with Gasteiger partial charge in [0, 0.05) is 5.25 Å². The summed E-state index contributed by atoms with van der Waals surface area (Å²) in [5.41, 5.74) is 1.41. The molecule has 1 atom stereocenters. The van der Waals surface area contributed by atoms with Crippen LogP contribution in [0.2, 0.25) is 0 Å². The van der Waals surface area contributed by atoms with Crippen LogP contribution in [0.4, 0.5) is 0 Å². The van der Waals surface area contributed by atoms with Gasteiger partial charge in [-0.15, -0.1) is 6.58 Å². The number of benzene rings is 1. The Morgan fingerprint density at radius 1 is 1.38 bits per heavy atom. The second kappa shape index (κ2) is 5.87. The fourth-order valence-corrected chi connectivity index (χ4v) is 2.34. The first-order valence-electron chi connectivity index (χ1n) is 4.66. The maximum atomic E-state index is 3.79. The fraction of sp³-hybridized carbons (Fsp3) is 0.333. The minimum absolute atomic E-state index is 0.587. The molecule has 0 saturated carbocycles. The van der Waals surface area contributed by atoms with E-state index >= 15 is 0 Å².